The van der Waals surface area contributed by atoms with Gasteiger partial charge in [0, 0.05) is 48.8 Å². The lowest BCUT2D eigenvalue weighted by Crippen LogP contribution is -1.93. The van der Waals surface area contributed by atoms with Gasteiger partial charge in [0.2, 0.25) is 0 Å². The molecular weight excluding hydrogens is 745 g/mol. The van der Waals surface area contributed by atoms with Crippen molar-refractivity contribution in [3.8, 4) is 33.4 Å². The van der Waals surface area contributed by atoms with Gasteiger partial charge in [0.25, 0.3) is 0 Å². The summed E-state index contributed by atoms with van der Waals surface area (Å²) in [5.74, 6) is 0. The molecule has 0 spiro atoms. The van der Waals surface area contributed by atoms with Crippen molar-refractivity contribution >= 4 is 109 Å². The number of benzene rings is 11. The molecule has 3 nitrogen and oxygen atoms in total. The third-order valence-electron chi connectivity index (χ3n) is 13.1. The average molecular weight is 777 g/mol. The number of furan rings is 3. The van der Waals surface area contributed by atoms with Crippen molar-refractivity contribution in [2.24, 2.45) is 0 Å². The quantitative estimate of drug-likeness (QED) is 0.168. The van der Waals surface area contributed by atoms with Crippen LogP contribution in [0.15, 0.2) is 207 Å². The first-order valence-corrected chi connectivity index (χ1v) is 20.8. The fourth-order valence-corrected chi connectivity index (χ4v) is 10.4. The molecule has 0 saturated carbocycles. The Morgan fingerprint density at radius 2 is 0.689 bits per heavy atom. The Balaban J connectivity index is 1.07. The van der Waals surface area contributed by atoms with Crippen molar-refractivity contribution in [1.82, 2.24) is 0 Å². The largest absolute Gasteiger partial charge is 0.456 e. The van der Waals surface area contributed by atoms with E-state index in [-0.39, 0.29) is 0 Å². The van der Waals surface area contributed by atoms with E-state index >= 15 is 0 Å². The van der Waals surface area contributed by atoms with Crippen molar-refractivity contribution in [3.63, 3.8) is 0 Å². The van der Waals surface area contributed by atoms with E-state index in [9.17, 15) is 0 Å². The average Bonchev–Trinajstić information content (AvgIpc) is 4.02. The van der Waals surface area contributed by atoms with Crippen LogP contribution in [0.25, 0.3) is 142 Å². The molecule has 0 unspecified atom stereocenters. The molecule has 282 valence electrons. The SMILES string of the molecule is c1ccc2c(c1)oc1ccc(-c3ccc(-c4c5ccccc5c(-c5cc6c(ccc7c8ccccc8oc76)c6c5oc5ccccc56)c5ccccc45)c4ccccc34)cc12. The van der Waals surface area contributed by atoms with Crippen LogP contribution in [0.3, 0.4) is 0 Å². The van der Waals surface area contributed by atoms with Crippen molar-refractivity contribution in [1.29, 1.82) is 0 Å². The van der Waals surface area contributed by atoms with Crippen LogP contribution in [0.4, 0.5) is 0 Å². The summed E-state index contributed by atoms with van der Waals surface area (Å²) < 4.78 is 19.9. The number of hydrogen-bond donors (Lipinski definition) is 0. The third kappa shape index (κ3) is 4.52. The Bertz CT molecular complexity index is 4120. The van der Waals surface area contributed by atoms with Gasteiger partial charge in [-0.3, -0.25) is 0 Å². The summed E-state index contributed by atoms with van der Waals surface area (Å²) in [5, 5.41) is 16.0. The minimum Gasteiger partial charge on any atom is -0.456 e. The van der Waals surface area contributed by atoms with Gasteiger partial charge in [-0.15, -0.1) is 0 Å². The number of rotatable bonds is 3. The van der Waals surface area contributed by atoms with Crippen molar-refractivity contribution in [2.75, 3.05) is 0 Å². The maximum absolute atomic E-state index is 6.95. The molecule has 3 aromatic heterocycles. The molecule has 0 amide bonds. The second-order valence-electron chi connectivity index (χ2n) is 16.2. The molecule has 14 aromatic rings. The molecular formula is C58H32O3. The fourth-order valence-electron chi connectivity index (χ4n) is 10.4. The molecule has 0 atom stereocenters. The van der Waals surface area contributed by atoms with Crippen LogP contribution in [-0.2, 0) is 0 Å². The zero-order valence-corrected chi connectivity index (χ0v) is 32.7. The Hall–Kier alpha value is -8.14. The van der Waals surface area contributed by atoms with Crippen LogP contribution in [0, 0.1) is 0 Å². The van der Waals surface area contributed by atoms with Gasteiger partial charge in [-0.2, -0.15) is 0 Å². The van der Waals surface area contributed by atoms with Crippen LogP contribution in [0.5, 0.6) is 0 Å². The predicted molar refractivity (Wildman–Crippen MR) is 255 cm³/mol. The highest BCUT2D eigenvalue weighted by atomic mass is 16.3. The van der Waals surface area contributed by atoms with E-state index in [0.717, 1.165) is 93.3 Å². The van der Waals surface area contributed by atoms with Gasteiger partial charge >= 0.3 is 0 Å². The Morgan fingerprint density at radius 1 is 0.230 bits per heavy atom. The zero-order valence-electron chi connectivity index (χ0n) is 32.7. The lowest BCUT2D eigenvalue weighted by molar-refractivity contribution is 0.669. The Labute approximate surface area is 348 Å². The highest BCUT2D eigenvalue weighted by molar-refractivity contribution is 6.32. The van der Waals surface area contributed by atoms with E-state index in [1.54, 1.807) is 0 Å². The minimum absolute atomic E-state index is 0.868. The van der Waals surface area contributed by atoms with Gasteiger partial charge < -0.3 is 13.3 Å². The second-order valence-corrected chi connectivity index (χ2v) is 16.2. The zero-order chi connectivity index (χ0) is 39.8. The molecule has 0 fully saturated rings. The predicted octanol–water partition coefficient (Wildman–Crippen LogP) is 17.0. The molecule has 0 aliphatic rings. The summed E-state index contributed by atoms with van der Waals surface area (Å²) in [7, 11) is 0. The van der Waals surface area contributed by atoms with Crippen LogP contribution < -0.4 is 0 Å². The van der Waals surface area contributed by atoms with Gasteiger partial charge in [-0.25, -0.2) is 0 Å². The maximum Gasteiger partial charge on any atom is 0.143 e. The first kappa shape index (κ1) is 32.8. The summed E-state index contributed by atoms with van der Waals surface area (Å²) in [6, 6.07) is 69.6. The number of hydrogen-bond acceptors (Lipinski definition) is 3. The minimum atomic E-state index is 0.868. The Morgan fingerprint density at radius 3 is 1.36 bits per heavy atom. The van der Waals surface area contributed by atoms with E-state index in [1.807, 2.05) is 18.2 Å². The molecule has 61 heavy (non-hydrogen) atoms. The smallest absolute Gasteiger partial charge is 0.143 e. The molecule has 0 aliphatic heterocycles. The first-order chi connectivity index (χ1) is 30.3. The van der Waals surface area contributed by atoms with Crippen LogP contribution in [0.2, 0.25) is 0 Å². The van der Waals surface area contributed by atoms with E-state index in [0.29, 0.717) is 0 Å². The van der Waals surface area contributed by atoms with Gasteiger partial charge in [-0.1, -0.05) is 152 Å². The fraction of sp³-hybridized carbons (Fsp3) is 0. The van der Waals surface area contributed by atoms with Crippen LogP contribution >= 0.6 is 0 Å². The standard InChI is InChI=1S/C58H32O3/c1-2-14-36-35(13-1)34(33-25-30-53-47(31-33)38-16-8-10-22-50(38)59-53)26-27-43(36)54-39-17-3-5-19-41(39)55(42-20-6-4-18-40(42)54)49-32-48-44(56-46-21-9-12-24-52(46)61-58(49)56)28-29-45-37-15-7-11-23-51(37)60-57(45)48/h1-32H. The highest BCUT2D eigenvalue weighted by Gasteiger charge is 2.24. The molecule has 3 heteroatoms. The summed E-state index contributed by atoms with van der Waals surface area (Å²) in [6.07, 6.45) is 0. The van der Waals surface area contributed by atoms with E-state index in [1.165, 1.54) is 49.0 Å². The van der Waals surface area contributed by atoms with Gasteiger partial charge in [0.15, 0.2) is 0 Å². The monoisotopic (exact) mass is 776 g/mol. The summed E-state index contributed by atoms with van der Waals surface area (Å²) in [4.78, 5) is 0. The van der Waals surface area contributed by atoms with Crippen LogP contribution in [-0.4, -0.2) is 0 Å². The van der Waals surface area contributed by atoms with Crippen molar-refractivity contribution < 1.29 is 13.3 Å². The normalized spacial score (nSPS) is 12.3. The van der Waals surface area contributed by atoms with Gasteiger partial charge in [0.05, 0.1) is 0 Å². The first-order valence-electron chi connectivity index (χ1n) is 20.8. The summed E-state index contributed by atoms with van der Waals surface area (Å²) >= 11 is 0. The van der Waals surface area contributed by atoms with E-state index < -0.39 is 0 Å². The molecule has 0 saturated heterocycles. The number of fused-ring (bicyclic) bond motifs is 15. The van der Waals surface area contributed by atoms with E-state index in [2.05, 4.69) is 176 Å². The molecule has 14 rings (SSSR count). The topological polar surface area (TPSA) is 39.4 Å². The summed E-state index contributed by atoms with van der Waals surface area (Å²) in [6.45, 7) is 0. The number of para-hydroxylation sites is 3. The molecule has 0 radical (unpaired) electrons. The van der Waals surface area contributed by atoms with Crippen molar-refractivity contribution in [3.05, 3.63) is 194 Å². The third-order valence-corrected chi connectivity index (χ3v) is 13.1. The van der Waals surface area contributed by atoms with Gasteiger partial charge in [-0.05, 0) is 102 Å². The molecule has 0 aliphatic carbocycles. The van der Waals surface area contributed by atoms with Crippen LogP contribution in [0.1, 0.15) is 0 Å². The lowest BCUT2D eigenvalue weighted by atomic mass is 9.83. The molecule has 11 aromatic carbocycles. The van der Waals surface area contributed by atoms with E-state index in [4.69, 9.17) is 13.3 Å². The van der Waals surface area contributed by atoms with Crippen molar-refractivity contribution in [2.45, 2.75) is 0 Å². The Kier molecular flexibility index (Phi) is 6.56. The highest BCUT2D eigenvalue weighted by Crippen LogP contribution is 2.51. The second kappa shape index (κ2) is 12.2. The molecule has 3 heterocycles. The maximum atomic E-state index is 6.95. The molecule has 0 bridgehead atoms. The van der Waals surface area contributed by atoms with Gasteiger partial charge in [0.1, 0.15) is 33.5 Å². The lowest BCUT2D eigenvalue weighted by Gasteiger charge is -2.20. The molecule has 0 N–H and O–H groups in total. The summed E-state index contributed by atoms with van der Waals surface area (Å²) in [5.41, 5.74) is 12.3.